The summed E-state index contributed by atoms with van der Waals surface area (Å²) in [5.74, 6) is -0.107. The van der Waals surface area contributed by atoms with Gasteiger partial charge in [-0.15, -0.1) is 0 Å². The maximum absolute atomic E-state index is 12.5. The van der Waals surface area contributed by atoms with Crippen LogP contribution in [-0.2, 0) is 19.0 Å². The minimum absolute atomic E-state index is 0.0546. The first-order valence-corrected chi connectivity index (χ1v) is 8.19. The molecule has 0 heterocycles. The van der Waals surface area contributed by atoms with E-state index in [9.17, 15) is 4.79 Å². The Morgan fingerprint density at radius 3 is 2.76 bits per heavy atom. The molecule has 0 aliphatic heterocycles. The van der Waals surface area contributed by atoms with Crippen LogP contribution in [0.1, 0.15) is 52.4 Å². The first-order chi connectivity index (χ1) is 10.1. The van der Waals surface area contributed by atoms with Gasteiger partial charge in [0, 0.05) is 19.6 Å². The second kappa shape index (κ2) is 7.56. The van der Waals surface area contributed by atoms with E-state index in [1.54, 1.807) is 7.11 Å². The van der Waals surface area contributed by atoms with Crippen LogP contribution in [-0.4, -0.2) is 50.1 Å². The van der Waals surface area contributed by atoms with Crippen LogP contribution in [0, 0.1) is 0 Å². The molecule has 2 aliphatic rings. The first kappa shape index (κ1) is 16.7. The molecule has 0 aromatic carbocycles. The second-order valence-electron chi connectivity index (χ2n) is 6.34. The Balaban J connectivity index is 1.99. The van der Waals surface area contributed by atoms with Crippen molar-refractivity contribution in [2.75, 3.05) is 20.3 Å². The molecule has 2 fully saturated rings. The zero-order valence-corrected chi connectivity index (χ0v) is 13.5. The second-order valence-corrected chi connectivity index (χ2v) is 6.34. The quantitative estimate of drug-likeness (QED) is 0.695. The molecule has 2 saturated carbocycles. The molecule has 21 heavy (non-hydrogen) atoms. The molecule has 2 aliphatic carbocycles. The summed E-state index contributed by atoms with van der Waals surface area (Å²) in [5, 5.41) is 3.54. The van der Waals surface area contributed by atoms with Gasteiger partial charge in [0.2, 0.25) is 0 Å². The first-order valence-electron chi connectivity index (χ1n) is 8.19. The maximum atomic E-state index is 12.5. The van der Waals surface area contributed by atoms with Gasteiger partial charge in [0.1, 0.15) is 5.54 Å². The van der Waals surface area contributed by atoms with Crippen LogP contribution in [0.4, 0.5) is 0 Å². The lowest BCUT2D eigenvalue weighted by atomic mass is 9.79. The van der Waals surface area contributed by atoms with Crippen LogP contribution in [0.3, 0.4) is 0 Å². The van der Waals surface area contributed by atoms with E-state index in [1.165, 1.54) is 0 Å². The number of nitrogens with one attached hydrogen (secondary N) is 1. The molecule has 0 amide bonds. The van der Waals surface area contributed by atoms with Gasteiger partial charge in [0.05, 0.1) is 25.4 Å². The van der Waals surface area contributed by atoms with Gasteiger partial charge in [-0.05, 0) is 46.0 Å². The van der Waals surface area contributed by atoms with E-state index in [0.717, 1.165) is 32.1 Å². The molecule has 0 spiro atoms. The number of carbonyl (C=O) groups excluding carboxylic acids is 1. The largest absolute Gasteiger partial charge is 0.465 e. The summed E-state index contributed by atoms with van der Waals surface area (Å²) in [6.07, 6.45) is 6.01. The van der Waals surface area contributed by atoms with E-state index in [4.69, 9.17) is 14.2 Å². The van der Waals surface area contributed by atoms with Crippen LogP contribution in [0.25, 0.3) is 0 Å². The van der Waals surface area contributed by atoms with Crippen LogP contribution in [0.15, 0.2) is 0 Å². The molecular weight excluding hydrogens is 270 g/mol. The summed E-state index contributed by atoms with van der Waals surface area (Å²) in [6.45, 7) is 4.89. The Bertz CT molecular complexity index is 345. The Morgan fingerprint density at radius 2 is 2.14 bits per heavy atom. The molecule has 0 radical (unpaired) electrons. The lowest BCUT2D eigenvalue weighted by Crippen LogP contribution is -2.58. The fourth-order valence-electron chi connectivity index (χ4n) is 3.21. The zero-order valence-electron chi connectivity index (χ0n) is 13.5. The number of hydrogen-bond acceptors (Lipinski definition) is 5. The molecule has 0 aromatic heterocycles. The number of methoxy groups -OCH3 is 1. The fraction of sp³-hybridized carbons (Fsp3) is 0.938. The third-order valence-corrected chi connectivity index (χ3v) is 4.26. The summed E-state index contributed by atoms with van der Waals surface area (Å²) in [5.41, 5.74) is -0.549. The highest BCUT2D eigenvalue weighted by molar-refractivity contribution is 5.81. The average molecular weight is 299 g/mol. The van der Waals surface area contributed by atoms with Gasteiger partial charge in [-0.3, -0.25) is 10.1 Å². The van der Waals surface area contributed by atoms with E-state index >= 15 is 0 Å². The lowest BCUT2D eigenvalue weighted by Gasteiger charge is -2.40. The van der Waals surface area contributed by atoms with E-state index in [1.807, 2.05) is 13.8 Å². The number of rotatable bonds is 8. The Labute approximate surface area is 127 Å². The van der Waals surface area contributed by atoms with Crippen LogP contribution in [0.2, 0.25) is 0 Å². The third kappa shape index (κ3) is 4.66. The van der Waals surface area contributed by atoms with Crippen molar-refractivity contribution in [1.82, 2.24) is 5.32 Å². The smallest absolute Gasteiger partial charge is 0.326 e. The highest BCUT2D eigenvalue weighted by Crippen LogP contribution is 2.35. The molecule has 0 aromatic rings. The molecule has 1 N–H and O–H groups in total. The number of esters is 1. The number of hydrogen-bond donors (Lipinski definition) is 1. The Kier molecular flexibility index (Phi) is 6.02. The molecule has 5 nitrogen and oxygen atoms in total. The summed E-state index contributed by atoms with van der Waals surface area (Å²) in [7, 11) is 1.68. The van der Waals surface area contributed by atoms with E-state index in [2.05, 4.69) is 5.32 Å². The Hall–Kier alpha value is -0.650. The third-order valence-electron chi connectivity index (χ3n) is 4.26. The van der Waals surface area contributed by atoms with E-state index in [-0.39, 0.29) is 18.2 Å². The van der Waals surface area contributed by atoms with Crippen molar-refractivity contribution in [3.8, 4) is 0 Å². The predicted octanol–water partition coefficient (Wildman–Crippen LogP) is 2.03. The summed E-state index contributed by atoms with van der Waals surface area (Å²) in [6, 6.07) is 0.476. The molecule has 2 rings (SSSR count). The van der Waals surface area contributed by atoms with Crippen LogP contribution >= 0.6 is 0 Å². The molecule has 0 bridgehead atoms. The maximum Gasteiger partial charge on any atom is 0.326 e. The monoisotopic (exact) mass is 299 g/mol. The topological polar surface area (TPSA) is 56.8 Å². The normalized spacial score (nSPS) is 30.9. The molecule has 3 unspecified atom stereocenters. The summed E-state index contributed by atoms with van der Waals surface area (Å²) >= 11 is 0. The van der Waals surface area contributed by atoms with Gasteiger partial charge >= 0.3 is 5.97 Å². The Morgan fingerprint density at radius 1 is 1.38 bits per heavy atom. The van der Waals surface area contributed by atoms with Crippen molar-refractivity contribution in [1.29, 1.82) is 0 Å². The van der Waals surface area contributed by atoms with Crippen molar-refractivity contribution in [3.63, 3.8) is 0 Å². The number of carbonyl (C=O) groups is 1. The minimum atomic E-state index is -0.549. The molecule has 3 atom stereocenters. The van der Waals surface area contributed by atoms with E-state index in [0.29, 0.717) is 25.7 Å². The standard InChI is InChI=1S/C16H29NO4/c1-4-20-15(18)16(17-13-7-8-13)9-5-6-14(10-16)21-12(2)11-19-3/h12-14,17H,4-11H2,1-3H3. The van der Waals surface area contributed by atoms with Crippen LogP contribution in [0.5, 0.6) is 0 Å². The molecule has 5 heteroatoms. The highest BCUT2D eigenvalue weighted by atomic mass is 16.5. The SMILES string of the molecule is CCOC(=O)C1(NC2CC2)CCCC(OC(C)COC)C1. The molecule has 122 valence electrons. The van der Waals surface area contributed by atoms with Gasteiger partial charge in [-0.25, -0.2) is 0 Å². The van der Waals surface area contributed by atoms with E-state index < -0.39 is 5.54 Å². The van der Waals surface area contributed by atoms with Gasteiger partial charge in [0.25, 0.3) is 0 Å². The van der Waals surface area contributed by atoms with Crippen molar-refractivity contribution in [2.45, 2.75) is 76.2 Å². The molecule has 0 saturated heterocycles. The minimum Gasteiger partial charge on any atom is -0.465 e. The summed E-state index contributed by atoms with van der Waals surface area (Å²) < 4.78 is 16.5. The average Bonchev–Trinajstić information content (AvgIpc) is 3.23. The van der Waals surface area contributed by atoms with Gasteiger partial charge < -0.3 is 14.2 Å². The zero-order chi connectivity index (χ0) is 15.3. The van der Waals surface area contributed by atoms with Crippen LogP contribution < -0.4 is 5.32 Å². The highest BCUT2D eigenvalue weighted by Gasteiger charge is 2.47. The lowest BCUT2D eigenvalue weighted by molar-refractivity contribution is -0.157. The predicted molar refractivity (Wildman–Crippen MR) is 80.2 cm³/mol. The molecular formula is C16H29NO4. The van der Waals surface area contributed by atoms with Gasteiger partial charge in [0.15, 0.2) is 0 Å². The number of ether oxygens (including phenoxy) is 3. The van der Waals surface area contributed by atoms with Gasteiger partial charge in [-0.1, -0.05) is 0 Å². The summed E-state index contributed by atoms with van der Waals surface area (Å²) in [4.78, 5) is 12.5. The van der Waals surface area contributed by atoms with Gasteiger partial charge in [-0.2, -0.15) is 0 Å². The van der Waals surface area contributed by atoms with Crippen molar-refractivity contribution in [2.24, 2.45) is 0 Å². The fourth-order valence-corrected chi connectivity index (χ4v) is 3.21. The van der Waals surface area contributed by atoms with Crippen molar-refractivity contribution >= 4 is 5.97 Å². The van der Waals surface area contributed by atoms with Crippen molar-refractivity contribution < 1.29 is 19.0 Å². The van der Waals surface area contributed by atoms with Crippen molar-refractivity contribution in [3.05, 3.63) is 0 Å².